The smallest absolute Gasteiger partial charge is 0.316 e. The molecule has 3 rings (SSSR count). The largest absolute Gasteiger partial charge is 0.455 e. The first-order chi connectivity index (χ1) is 13.0. The van der Waals surface area contributed by atoms with Crippen LogP contribution in [-0.2, 0) is 14.3 Å². The lowest BCUT2D eigenvalue weighted by Crippen LogP contribution is -2.45. The Labute approximate surface area is 167 Å². The van der Waals surface area contributed by atoms with Crippen molar-refractivity contribution in [2.45, 2.75) is 57.5 Å². The lowest BCUT2D eigenvalue weighted by Gasteiger charge is -2.35. The highest BCUT2D eigenvalue weighted by Crippen LogP contribution is 2.34. The van der Waals surface area contributed by atoms with Gasteiger partial charge in [-0.2, -0.15) is 0 Å². The highest BCUT2D eigenvalue weighted by Gasteiger charge is 2.26. The first-order valence-electron chi connectivity index (χ1n) is 9.29. The molecule has 8 heteroatoms. The number of piperidine rings is 1. The van der Waals surface area contributed by atoms with E-state index in [1.165, 1.54) is 23.0 Å². The van der Waals surface area contributed by atoms with Crippen LogP contribution >= 0.6 is 23.1 Å². The number of thioether (sulfide) groups is 1. The number of thiophene rings is 1. The second kappa shape index (κ2) is 9.01. The van der Waals surface area contributed by atoms with Crippen LogP contribution < -0.4 is 0 Å². The lowest BCUT2D eigenvalue weighted by atomic mass is 10.00. The molecule has 0 bridgehead atoms. The van der Waals surface area contributed by atoms with Crippen molar-refractivity contribution in [3.05, 3.63) is 16.8 Å². The first-order valence-corrected chi connectivity index (χ1v) is 11.1. The summed E-state index contributed by atoms with van der Waals surface area (Å²) in [4.78, 5) is 37.1. The predicted molar refractivity (Wildman–Crippen MR) is 108 cm³/mol. The zero-order chi connectivity index (χ0) is 19.4. The van der Waals surface area contributed by atoms with Gasteiger partial charge < -0.3 is 9.64 Å². The number of nitrogens with zero attached hydrogens (tertiary/aromatic N) is 3. The second-order valence-corrected chi connectivity index (χ2v) is 8.90. The number of ether oxygens (including phenoxy) is 1. The summed E-state index contributed by atoms with van der Waals surface area (Å²) in [6.07, 6.45) is 5.69. The maximum absolute atomic E-state index is 12.4. The number of esters is 1. The van der Waals surface area contributed by atoms with Gasteiger partial charge >= 0.3 is 5.97 Å². The summed E-state index contributed by atoms with van der Waals surface area (Å²) in [6, 6.07) is 0.276. The van der Waals surface area contributed by atoms with Crippen molar-refractivity contribution >= 4 is 45.2 Å². The molecule has 0 saturated carbocycles. The molecule has 0 aromatic carbocycles. The molecule has 3 heterocycles. The Bertz CT molecular complexity index is 837. The molecule has 6 nitrogen and oxygen atoms in total. The van der Waals surface area contributed by atoms with Crippen molar-refractivity contribution in [1.29, 1.82) is 0 Å². The average Bonchev–Trinajstić information content (AvgIpc) is 2.98. The molecule has 1 fully saturated rings. The van der Waals surface area contributed by atoms with E-state index in [-0.39, 0.29) is 24.3 Å². The van der Waals surface area contributed by atoms with Gasteiger partial charge in [0.05, 0.1) is 5.75 Å². The predicted octanol–water partition coefficient (Wildman–Crippen LogP) is 3.73. The van der Waals surface area contributed by atoms with Crippen LogP contribution in [0.1, 0.15) is 43.0 Å². The quantitative estimate of drug-likeness (QED) is 0.413. The number of amides is 1. The van der Waals surface area contributed by atoms with Crippen LogP contribution in [0.25, 0.3) is 10.2 Å². The van der Waals surface area contributed by atoms with Gasteiger partial charge in [0, 0.05) is 22.8 Å². The minimum Gasteiger partial charge on any atom is -0.455 e. The number of aryl methyl sites for hydroxylation is 2. The Morgan fingerprint density at radius 2 is 2.15 bits per heavy atom. The molecule has 1 saturated heterocycles. The second-order valence-electron chi connectivity index (χ2n) is 6.74. The molecule has 0 aliphatic carbocycles. The molecule has 1 aliphatic rings. The van der Waals surface area contributed by atoms with Crippen molar-refractivity contribution in [2.75, 3.05) is 18.9 Å². The fourth-order valence-electron chi connectivity index (χ4n) is 3.41. The Hall–Kier alpha value is -1.67. The van der Waals surface area contributed by atoms with Gasteiger partial charge in [-0.15, -0.1) is 11.3 Å². The summed E-state index contributed by atoms with van der Waals surface area (Å²) < 4.78 is 5.23. The fraction of sp³-hybridized carbons (Fsp3) is 0.579. The molecule has 0 radical (unpaired) electrons. The van der Waals surface area contributed by atoms with E-state index in [9.17, 15) is 9.59 Å². The number of rotatable bonds is 6. The van der Waals surface area contributed by atoms with E-state index in [2.05, 4.69) is 23.8 Å². The molecule has 1 amide bonds. The zero-order valence-electron chi connectivity index (χ0n) is 16.0. The van der Waals surface area contributed by atoms with Gasteiger partial charge in [0.2, 0.25) is 0 Å². The van der Waals surface area contributed by atoms with Crippen molar-refractivity contribution < 1.29 is 14.3 Å². The van der Waals surface area contributed by atoms with Crippen LogP contribution in [-0.4, -0.2) is 51.7 Å². The molecule has 2 aromatic heterocycles. The number of carbonyl (C=O) groups is 2. The van der Waals surface area contributed by atoms with Gasteiger partial charge in [-0.1, -0.05) is 18.7 Å². The summed E-state index contributed by atoms with van der Waals surface area (Å²) in [5.74, 6) is -0.353. The van der Waals surface area contributed by atoms with Gasteiger partial charge in [-0.25, -0.2) is 9.97 Å². The van der Waals surface area contributed by atoms with Crippen molar-refractivity contribution in [1.82, 2.24) is 14.9 Å². The third-order valence-electron chi connectivity index (χ3n) is 5.03. The number of hydrogen-bond acceptors (Lipinski definition) is 7. The van der Waals surface area contributed by atoms with E-state index >= 15 is 0 Å². The van der Waals surface area contributed by atoms with E-state index in [4.69, 9.17) is 4.74 Å². The Kier molecular flexibility index (Phi) is 6.70. The van der Waals surface area contributed by atoms with E-state index in [0.717, 1.165) is 53.0 Å². The molecule has 1 aliphatic heterocycles. The van der Waals surface area contributed by atoms with E-state index < -0.39 is 5.97 Å². The number of aromatic nitrogens is 2. The molecule has 27 heavy (non-hydrogen) atoms. The average molecular weight is 408 g/mol. The molecule has 1 atom stereocenters. The van der Waals surface area contributed by atoms with Crippen LogP contribution in [0.4, 0.5) is 0 Å². The molecule has 0 unspecified atom stereocenters. The third kappa shape index (κ3) is 4.60. The number of hydrogen-bond donors (Lipinski definition) is 0. The van der Waals surface area contributed by atoms with Crippen molar-refractivity contribution in [3.8, 4) is 0 Å². The molecule has 0 spiro atoms. The molecule has 0 N–H and O–H groups in total. The highest BCUT2D eigenvalue weighted by atomic mass is 32.2. The highest BCUT2D eigenvalue weighted by molar-refractivity contribution is 8.00. The molecule has 146 valence electrons. The topological polar surface area (TPSA) is 72.4 Å². The van der Waals surface area contributed by atoms with E-state index in [0.29, 0.717) is 0 Å². The Morgan fingerprint density at radius 3 is 2.93 bits per heavy atom. The summed E-state index contributed by atoms with van der Waals surface area (Å²) in [7, 11) is 0. The number of likely N-dealkylation sites (tertiary alicyclic amines) is 1. The Morgan fingerprint density at radius 1 is 1.33 bits per heavy atom. The zero-order valence-corrected chi connectivity index (χ0v) is 17.6. The van der Waals surface area contributed by atoms with E-state index in [1.54, 1.807) is 11.3 Å². The van der Waals surface area contributed by atoms with E-state index in [1.807, 2.05) is 11.8 Å². The van der Waals surface area contributed by atoms with Gasteiger partial charge in [-0.3, -0.25) is 9.59 Å². The molecular weight excluding hydrogens is 382 g/mol. The van der Waals surface area contributed by atoms with Gasteiger partial charge in [0.25, 0.3) is 5.91 Å². The van der Waals surface area contributed by atoms with Crippen LogP contribution in [0.5, 0.6) is 0 Å². The number of fused-ring (bicyclic) bond motifs is 1. The number of carbonyl (C=O) groups excluding carboxylic acids is 2. The van der Waals surface area contributed by atoms with Crippen LogP contribution in [0, 0.1) is 13.8 Å². The fourth-order valence-corrected chi connectivity index (χ4v) is 5.32. The minimum atomic E-state index is -0.394. The van der Waals surface area contributed by atoms with Crippen molar-refractivity contribution in [3.63, 3.8) is 0 Å². The summed E-state index contributed by atoms with van der Waals surface area (Å²) in [5, 5.41) is 1.79. The minimum absolute atomic E-state index is 0.0892. The molecular formula is C19H25N3O3S2. The van der Waals surface area contributed by atoms with Crippen LogP contribution in [0.15, 0.2) is 11.4 Å². The maximum atomic E-state index is 12.4. The van der Waals surface area contributed by atoms with Gasteiger partial charge in [0.15, 0.2) is 6.61 Å². The standard InChI is InChI=1S/C19H25N3O3S2/c1-4-14-7-5-6-8-22(14)15(23)9-25-16(24)10-26-18-17-12(2)13(3)27-19(17)21-11-20-18/h11,14H,4-10H2,1-3H3/t14-/m0/s1. The first kappa shape index (κ1) is 20.1. The third-order valence-corrected chi connectivity index (χ3v) is 7.11. The maximum Gasteiger partial charge on any atom is 0.316 e. The monoisotopic (exact) mass is 407 g/mol. The summed E-state index contributed by atoms with van der Waals surface area (Å²) >= 11 is 2.96. The Balaban J connectivity index is 1.54. The lowest BCUT2D eigenvalue weighted by molar-refractivity contribution is -0.151. The van der Waals surface area contributed by atoms with Crippen molar-refractivity contribution in [2.24, 2.45) is 0 Å². The SMILES string of the molecule is CC[C@H]1CCCCN1C(=O)COC(=O)CSc1ncnc2sc(C)c(C)c12. The van der Waals surface area contributed by atoms with Crippen LogP contribution in [0.2, 0.25) is 0 Å². The molecule has 2 aromatic rings. The summed E-state index contributed by atoms with van der Waals surface area (Å²) in [6.45, 7) is 6.78. The van der Waals surface area contributed by atoms with Crippen LogP contribution in [0.3, 0.4) is 0 Å². The van der Waals surface area contributed by atoms with Gasteiger partial charge in [0.1, 0.15) is 16.2 Å². The normalized spacial score (nSPS) is 17.3. The van der Waals surface area contributed by atoms with Gasteiger partial charge in [-0.05, 0) is 45.1 Å². The summed E-state index contributed by atoms with van der Waals surface area (Å²) in [5.41, 5.74) is 1.15.